The highest BCUT2D eigenvalue weighted by Crippen LogP contribution is 2.37. The maximum absolute atomic E-state index is 13.5. The van der Waals surface area contributed by atoms with E-state index in [0.29, 0.717) is 16.1 Å². The highest BCUT2D eigenvalue weighted by molar-refractivity contribution is 6.35. The van der Waals surface area contributed by atoms with E-state index in [0.717, 1.165) is 16.2 Å². The summed E-state index contributed by atoms with van der Waals surface area (Å²) in [6, 6.07) is 12.2. The van der Waals surface area contributed by atoms with E-state index in [1.165, 1.54) is 6.07 Å². The lowest BCUT2D eigenvalue weighted by atomic mass is 10.0. The van der Waals surface area contributed by atoms with Crippen molar-refractivity contribution in [1.29, 1.82) is 0 Å². The third-order valence-electron chi connectivity index (χ3n) is 4.35. The van der Waals surface area contributed by atoms with Gasteiger partial charge in [0, 0.05) is 15.7 Å². The van der Waals surface area contributed by atoms with Gasteiger partial charge in [-0.15, -0.1) is 0 Å². The number of pyridine rings is 1. The molecule has 0 amide bonds. The standard InChI is InChI=1S/C21H13Cl2F3N2O/c1-12-4-3-5-13(8-12)18-10-16(21(24,25)26)19(27-2)20(29)28(18)11-14-6-7-15(22)9-17(14)23/h3-10H,11H2,1H3. The predicted molar refractivity (Wildman–Crippen MR) is 108 cm³/mol. The summed E-state index contributed by atoms with van der Waals surface area (Å²) < 4.78 is 41.7. The Balaban J connectivity index is 2.33. The summed E-state index contributed by atoms with van der Waals surface area (Å²) in [4.78, 5) is 15.8. The van der Waals surface area contributed by atoms with E-state index in [9.17, 15) is 18.0 Å². The zero-order valence-electron chi connectivity index (χ0n) is 15.0. The molecule has 0 unspecified atom stereocenters. The molecule has 0 radical (unpaired) electrons. The van der Waals surface area contributed by atoms with Gasteiger partial charge in [-0.3, -0.25) is 4.79 Å². The number of alkyl halides is 3. The van der Waals surface area contributed by atoms with Crippen LogP contribution >= 0.6 is 23.2 Å². The number of nitrogens with zero attached hydrogens (tertiary/aromatic N) is 2. The van der Waals surface area contributed by atoms with Gasteiger partial charge in [-0.2, -0.15) is 13.2 Å². The summed E-state index contributed by atoms with van der Waals surface area (Å²) >= 11 is 12.1. The van der Waals surface area contributed by atoms with E-state index in [-0.39, 0.29) is 17.3 Å². The molecule has 2 aromatic carbocycles. The molecule has 8 heteroatoms. The first-order valence-electron chi connectivity index (χ1n) is 8.35. The summed E-state index contributed by atoms with van der Waals surface area (Å²) in [7, 11) is 0. The van der Waals surface area contributed by atoms with Gasteiger partial charge in [0.2, 0.25) is 0 Å². The number of aryl methyl sites for hydroxylation is 1. The van der Waals surface area contributed by atoms with E-state index < -0.39 is 23.0 Å². The zero-order valence-corrected chi connectivity index (χ0v) is 16.5. The summed E-state index contributed by atoms with van der Waals surface area (Å²) in [6.45, 7) is 8.81. The Kier molecular flexibility index (Phi) is 5.74. The lowest BCUT2D eigenvalue weighted by Crippen LogP contribution is -2.25. The number of hydrogen-bond acceptors (Lipinski definition) is 1. The maximum atomic E-state index is 13.5. The van der Waals surface area contributed by atoms with Gasteiger partial charge in [0.05, 0.1) is 18.7 Å². The number of rotatable bonds is 3. The predicted octanol–water partition coefficient (Wildman–Crippen LogP) is 6.75. The van der Waals surface area contributed by atoms with Crippen LogP contribution in [0.25, 0.3) is 16.1 Å². The van der Waals surface area contributed by atoms with Crippen molar-refractivity contribution in [2.24, 2.45) is 0 Å². The molecule has 0 N–H and O–H groups in total. The third-order valence-corrected chi connectivity index (χ3v) is 4.94. The second-order valence-corrected chi connectivity index (χ2v) is 7.24. The van der Waals surface area contributed by atoms with Crippen molar-refractivity contribution in [1.82, 2.24) is 4.57 Å². The molecule has 0 saturated heterocycles. The van der Waals surface area contributed by atoms with Gasteiger partial charge in [0.15, 0.2) is 0 Å². The van der Waals surface area contributed by atoms with Crippen molar-refractivity contribution in [2.75, 3.05) is 0 Å². The molecule has 3 nitrogen and oxygen atoms in total. The van der Waals surface area contributed by atoms with Crippen LogP contribution in [0.15, 0.2) is 53.3 Å². The van der Waals surface area contributed by atoms with E-state index in [1.54, 1.807) is 43.3 Å². The Bertz CT molecular complexity index is 1190. The Morgan fingerprint density at radius 1 is 1.10 bits per heavy atom. The second-order valence-electron chi connectivity index (χ2n) is 6.40. The molecule has 0 saturated carbocycles. The van der Waals surface area contributed by atoms with Crippen LogP contribution in [0.3, 0.4) is 0 Å². The van der Waals surface area contributed by atoms with Gasteiger partial charge in [0.1, 0.15) is 0 Å². The average molecular weight is 437 g/mol. The van der Waals surface area contributed by atoms with Crippen molar-refractivity contribution in [3.63, 3.8) is 0 Å². The molecule has 29 heavy (non-hydrogen) atoms. The molecular formula is C21H13Cl2F3N2O. The van der Waals surface area contributed by atoms with Crippen LogP contribution in [-0.4, -0.2) is 4.57 Å². The lowest BCUT2D eigenvalue weighted by molar-refractivity contribution is -0.136. The fraction of sp³-hybridized carbons (Fsp3) is 0.143. The second kappa shape index (κ2) is 7.94. The SMILES string of the molecule is [C-]#[N+]c1c(C(F)(F)F)cc(-c2cccc(C)c2)n(Cc2ccc(Cl)cc2Cl)c1=O. The highest BCUT2D eigenvalue weighted by atomic mass is 35.5. The first kappa shape index (κ1) is 21.0. The summed E-state index contributed by atoms with van der Waals surface area (Å²) in [5.41, 5.74) is -1.49. The number of halogens is 5. The third kappa shape index (κ3) is 4.31. The first-order valence-corrected chi connectivity index (χ1v) is 9.11. The largest absolute Gasteiger partial charge is 0.407 e. The minimum Gasteiger partial charge on any atom is -0.313 e. The maximum Gasteiger partial charge on any atom is 0.407 e. The summed E-state index contributed by atoms with van der Waals surface area (Å²) in [5, 5.41) is 0.656. The van der Waals surface area contributed by atoms with Gasteiger partial charge >= 0.3 is 6.18 Å². The molecular weight excluding hydrogens is 424 g/mol. The molecule has 1 aromatic heterocycles. The van der Waals surface area contributed by atoms with Crippen LogP contribution in [0.1, 0.15) is 16.7 Å². The minimum absolute atomic E-state index is 0.0458. The smallest absolute Gasteiger partial charge is 0.313 e. The summed E-state index contributed by atoms with van der Waals surface area (Å²) in [6.07, 6.45) is -4.84. The molecule has 148 valence electrons. The quantitative estimate of drug-likeness (QED) is 0.417. The molecule has 0 aliphatic carbocycles. The van der Waals surface area contributed by atoms with Crippen molar-refractivity contribution < 1.29 is 13.2 Å². The Hall–Kier alpha value is -2.75. The highest BCUT2D eigenvalue weighted by Gasteiger charge is 2.36. The van der Waals surface area contributed by atoms with Crippen LogP contribution in [0.5, 0.6) is 0 Å². The number of hydrogen-bond donors (Lipinski definition) is 0. The molecule has 0 atom stereocenters. The molecule has 0 aliphatic rings. The average Bonchev–Trinajstić information content (AvgIpc) is 2.64. The van der Waals surface area contributed by atoms with Crippen molar-refractivity contribution in [3.8, 4) is 11.3 Å². The first-order chi connectivity index (χ1) is 13.6. The molecule has 0 spiro atoms. The lowest BCUT2D eigenvalue weighted by Gasteiger charge is -2.18. The topological polar surface area (TPSA) is 26.4 Å². The fourth-order valence-electron chi connectivity index (χ4n) is 2.98. The molecule has 0 fully saturated rings. The minimum atomic E-state index is -4.84. The van der Waals surface area contributed by atoms with E-state index >= 15 is 0 Å². The van der Waals surface area contributed by atoms with Crippen LogP contribution in [0.4, 0.5) is 18.9 Å². The Labute approximate surface area is 174 Å². The van der Waals surface area contributed by atoms with Crippen molar-refractivity contribution in [3.05, 3.63) is 97.0 Å². The normalized spacial score (nSPS) is 11.3. The molecule has 0 bridgehead atoms. The van der Waals surface area contributed by atoms with E-state index in [1.807, 2.05) is 0 Å². The van der Waals surface area contributed by atoms with E-state index in [2.05, 4.69) is 4.85 Å². The van der Waals surface area contributed by atoms with Crippen LogP contribution in [0, 0.1) is 13.5 Å². The van der Waals surface area contributed by atoms with Gasteiger partial charge < -0.3 is 4.57 Å². The van der Waals surface area contributed by atoms with Gasteiger partial charge in [0.25, 0.3) is 11.2 Å². The molecule has 0 aliphatic heterocycles. The number of benzene rings is 2. The monoisotopic (exact) mass is 436 g/mol. The zero-order chi connectivity index (χ0) is 21.3. The Morgan fingerprint density at radius 3 is 2.41 bits per heavy atom. The number of aromatic nitrogens is 1. The summed E-state index contributed by atoms with van der Waals surface area (Å²) in [5.74, 6) is 0. The van der Waals surface area contributed by atoms with Gasteiger partial charge in [-0.25, -0.2) is 4.85 Å². The van der Waals surface area contributed by atoms with Crippen molar-refractivity contribution in [2.45, 2.75) is 19.6 Å². The van der Waals surface area contributed by atoms with Crippen LogP contribution in [0.2, 0.25) is 10.0 Å². The molecule has 3 aromatic rings. The van der Waals surface area contributed by atoms with Crippen LogP contribution in [-0.2, 0) is 12.7 Å². The molecule has 1 heterocycles. The Morgan fingerprint density at radius 2 is 1.83 bits per heavy atom. The van der Waals surface area contributed by atoms with Crippen LogP contribution < -0.4 is 5.56 Å². The van der Waals surface area contributed by atoms with Crippen molar-refractivity contribution >= 4 is 28.9 Å². The van der Waals surface area contributed by atoms with Gasteiger partial charge in [-0.05, 0) is 42.3 Å². The fourth-order valence-corrected chi connectivity index (χ4v) is 3.45. The molecule has 3 rings (SSSR count). The van der Waals surface area contributed by atoms with Gasteiger partial charge in [-0.1, -0.05) is 53.0 Å². The van der Waals surface area contributed by atoms with E-state index in [4.69, 9.17) is 29.8 Å².